The number of hydrogen-bond donors (Lipinski definition) is 2. The molecule has 0 unspecified atom stereocenters. The average Bonchev–Trinajstić information content (AvgIpc) is 3.31. The smallest absolute Gasteiger partial charge is 0.335 e. The minimum atomic E-state index is -1.14. The van der Waals surface area contributed by atoms with Gasteiger partial charge in [0.1, 0.15) is 17.9 Å². The number of anilines is 2. The van der Waals surface area contributed by atoms with Crippen LogP contribution in [-0.4, -0.2) is 51.1 Å². The summed E-state index contributed by atoms with van der Waals surface area (Å²) in [5.41, 5.74) is 0.505. The van der Waals surface area contributed by atoms with Crippen molar-refractivity contribution in [2.24, 2.45) is 0 Å². The highest BCUT2D eigenvalue weighted by atomic mass is 32.1. The van der Waals surface area contributed by atoms with Crippen LogP contribution in [0.3, 0.4) is 0 Å². The Labute approximate surface area is 187 Å². The van der Waals surface area contributed by atoms with Gasteiger partial charge in [0, 0.05) is 43.7 Å². The summed E-state index contributed by atoms with van der Waals surface area (Å²) in [6, 6.07) is 7.95. The van der Waals surface area contributed by atoms with Crippen molar-refractivity contribution in [3.05, 3.63) is 58.9 Å². The number of carbonyl (C=O) groups excluding carboxylic acids is 1. The predicted molar refractivity (Wildman–Crippen MR) is 116 cm³/mol. The number of carboxylic acids is 1. The molecule has 0 radical (unpaired) electrons. The summed E-state index contributed by atoms with van der Waals surface area (Å²) < 4.78 is 5.80. The number of aromatic nitrogens is 3. The van der Waals surface area contributed by atoms with Gasteiger partial charge < -0.3 is 20.1 Å². The molecule has 162 valence electrons. The third kappa shape index (κ3) is 4.81. The highest BCUT2D eigenvalue weighted by Gasteiger charge is 2.24. The van der Waals surface area contributed by atoms with Crippen LogP contribution < -0.4 is 15.0 Å². The number of nitrogens with zero attached hydrogens (tertiary/aromatic N) is 5. The van der Waals surface area contributed by atoms with Crippen LogP contribution in [0.25, 0.3) is 0 Å². The van der Waals surface area contributed by atoms with E-state index in [0.29, 0.717) is 6.01 Å². The minimum absolute atomic E-state index is 0.0227. The topological polar surface area (TPSA) is 141 Å². The Balaban J connectivity index is 1.36. The van der Waals surface area contributed by atoms with Crippen molar-refractivity contribution >= 4 is 34.0 Å². The van der Waals surface area contributed by atoms with E-state index in [0.717, 1.165) is 31.1 Å². The summed E-state index contributed by atoms with van der Waals surface area (Å²) in [5.74, 6) is -1.61. The van der Waals surface area contributed by atoms with Crippen molar-refractivity contribution < 1.29 is 19.4 Å². The van der Waals surface area contributed by atoms with Crippen molar-refractivity contribution in [2.45, 2.75) is 18.9 Å². The number of nitriles is 1. The van der Waals surface area contributed by atoms with Crippen LogP contribution in [0, 0.1) is 11.3 Å². The normalized spacial score (nSPS) is 13.9. The molecule has 0 bridgehead atoms. The summed E-state index contributed by atoms with van der Waals surface area (Å²) >= 11 is 1.36. The highest BCUT2D eigenvalue weighted by molar-refractivity contribution is 7.14. The second-order valence-corrected chi connectivity index (χ2v) is 7.82. The number of ether oxygens (including phenoxy) is 1. The lowest BCUT2D eigenvalue weighted by Crippen LogP contribution is -2.38. The fraction of sp³-hybridized carbons (Fsp3) is 0.238. The van der Waals surface area contributed by atoms with Gasteiger partial charge in [-0.25, -0.2) is 19.7 Å². The first-order valence-corrected chi connectivity index (χ1v) is 10.6. The van der Waals surface area contributed by atoms with Gasteiger partial charge in [0.15, 0.2) is 5.13 Å². The summed E-state index contributed by atoms with van der Waals surface area (Å²) in [6.07, 6.45) is 4.86. The molecule has 4 rings (SSSR count). The first-order valence-electron chi connectivity index (χ1n) is 9.76. The van der Waals surface area contributed by atoms with Crippen LogP contribution in [0.5, 0.6) is 6.01 Å². The number of thiazole rings is 1. The van der Waals surface area contributed by atoms with E-state index < -0.39 is 11.9 Å². The molecule has 0 spiro atoms. The molecule has 10 nitrogen and oxygen atoms in total. The maximum absolute atomic E-state index is 12.6. The number of hydrogen-bond acceptors (Lipinski definition) is 9. The molecule has 3 heterocycles. The molecule has 1 saturated heterocycles. The van der Waals surface area contributed by atoms with Crippen LogP contribution in [0.15, 0.2) is 42.0 Å². The minimum Gasteiger partial charge on any atom is -0.478 e. The first kappa shape index (κ1) is 21.2. The van der Waals surface area contributed by atoms with E-state index in [9.17, 15) is 14.9 Å². The molecule has 1 aromatic carbocycles. The average molecular weight is 450 g/mol. The SMILES string of the molecule is N#Cc1cc(C(=O)O)ccc1NC(=O)c1csc(N2CCC(Oc3ncccn3)CC2)n1. The summed E-state index contributed by atoms with van der Waals surface area (Å²) in [5, 5.41) is 23.3. The fourth-order valence-electron chi connectivity index (χ4n) is 3.24. The van der Waals surface area contributed by atoms with E-state index in [1.165, 1.54) is 29.5 Å². The van der Waals surface area contributed by atoms with Crippen molar-refractivity contribution in [3.63, 3.8) is 0 Å². The summed E-state index contributed by atoms with van der Waals surface area (Å²) in [7, 11) is 0. The number of carbonyl (C=O) groups is 2. The molecule has 2 aromatic heterocycles. The van der Waals surface area contributed by atoms with Crippen LogP contribution in [-0.2, 0) is 0 Å². The Kier molecular flexibility index (Phi) is 6.23. The molecule has 32 heavy (non-hydrogen) atoms. The second kappa shape index (κ2) is 9.40. The van der Waals surface area contributed by atoms with E-state index in [2.05, 4.69) is 25.2 Å². The molecule has 11 heteroatoms. The lowest BCUT2D eigenvalue weighted by molar-refractivity contribution is 0.0696. The van der Waals surface area contributed by atoms with Crippen molar-refractivity contribution in [1.82, 2.24) is 15.0 Å². The Morgan fingerprint density at radius 3 is 2.69 bits per heavy atom. The van der Waals surface area contributed by atoms with Crippen LogP contribution in [0.1, 0.15) is 39.3 Å². The van der Waals surface area contributed by atoms with Gasteiger partial charge in [-0.05, 0) is 24.3 Å². The van der Waals surface area contributed by atoms with E-state index in [4.69, 9.17) is 9.84 Å². The largest absolute Gasteiger partial charge is 0.478 e. The third-order valence-electron chi connectivity index (χ3n) is 4.89. The molecular formula is C21H18N6O4S. The number of carboxylic acid groups (broad SMARTS) is 1. The molecule has 0 saturated carbocycles. The van der Waals surface area contributed by atoms with Gasteiger partial charge >= 0.3 is 12.0 Å². The molecule has 1 fully saturated rings. The predicted octanol–water partition coefficient (Wildman–Crippen LogP) is 2.80. The molecule has 2 N–H and O–H groups in total. The Morgan fingerprint density at radius 1 is 1.25 bits per heavy atom. The fourth-order valence-corrected chi connectivity index (χ4v) is 4.10. The van der Waals surface area contributed by atoms with E-state index in [-0.39, 0.29) is 28.6 Å². The van der Waals surface area contributed by atoms with Crippen LogP contribution in [0.2, 0.25) is 0 Å². The van der Waals surface area contributed by atoms with Crippen molar-refractivity contribution in [3.8, 4) is 12.1 Å². The van der Waals surface area contributed by atoms with Gasteiger partial charge in [0.2, 0.25) is 0 Å². The van der Waals surface area contributed by atoms with Gasteiger partial charge in [-0.1, -0.05) is 0 Å². The van der Waals surface area contributed by atoms with Crippen molar-refractivity contribution in [2.75, 3.05) is 23.3 Å². The standard InChI is InChI=1S/C21H18N6O4S/c22-11-14-10-13(19(29)30)2-3-16(14)25-18(28)17-12-32-21(26-17)27-8-4-15(5-9-27)31-20-23-6-1-7-24-20/h1-3,6-7,10,12,15H,4-5,8-9H2,(H,25,28)(H,29,30). The lowest BCUT2D eigenvalue weighted by Gasteiger charge is -2.31. The van der Waals surface area contributed by atoms with Gasteiger partial charge in [-0.3, -0.25) is 4.79 Å². The van der Waals surface area contributed by atoms with E-state index in [1.807, 2.05) is 6.07 Å². The quantitative estimate of drug-likeness (QED) is 0.580. The maximum atomic E-state index is 12.6. The summed E-state index contributed by atoms with van der Waals surface area (Å²) in [6.45, 7) is 1.45. The molecule has 3 aromatic rings. The number of amides is 1. The zero-order chi connectivity index (χ0) is 22.5. The van der Waals surface area contributed by atoms with Crippen molar-refractivity contribution in [1.29, 1.82) is 5.26 Å². The molecule has 1 aliphatic heterocycles. The highest BCUT2D eigenvalue weighted by Crippen LogP contribution is 2.26. The Hall–Kier alpha value is -4.04. The number of nitrogens with one attached hydrogen (secondary N) is 1. The number of aromatic carboxylic acids is 1. The monoisotopic (exact) mass is 450 g/mol. The molecule has 1 amide bonds. The van der Waals surface area contributed by atoms with Gasteiger partial charge in [0.05, 0.1) is 16.8 Å². The zero-order valence-corrected chi connectivity index (χ0v) is 17.6. The first-order chi connectivity index (χ1) is 15.5. The van der Waals surface area contributed by atoms with E-state index in [1.54, 1.807) is 23.8 Å². The Bertz CT molecular complexity index is 1170. The van der Waals surface area contributed by atoms with Crippen LogP contribution in [0.4, 0.5) is 10.8 Å². The molecule has 0 aliphatic carbocycles. The van der Waals surface area contributed by atoms with Gasteiger partial charge in [-0.2, -0.15) is 5.26 Å². The second-order valence-electron chi connectivity index (χ2n) is 6.98. The Morgan fingerprint density at radius 2 is 2.00 bits per heavy atom. The molecular weight excluding hydrogens is 432 g/mol. The lowest BCUT2D eigenvalue weighted by atomic mass is 10.1. The van der Waals surface area contributed by atoms with Gasteiger partial charge in [0.25, 0.3) is 5.91 Å². The number of rotatable bonds is 6. The third-order valence-corrected chi connectivity index (χ3v) is 5.79. The zero-order valence-electron chi connectivity index (χ0n) is 16.8. The molecule has 1 aliphatic rings. The van der Waals surface area contributed by atoms with E-state index >= 15 is 0 Å². The number of piperidine rings is 1. The van der Waals surface area contributed by atoms with Gasteiger partial charge in [-0.15, -0.1) is 11.3 Å². The molecule has 0 atom stereocenters. The maximum Gasteiger partial charge on any atom is 0.335 e. The van der Waals surface area contributed by atoms with Crippen LogP contribution >= 0.6 is 11.3 Å². The number of benzene rings is 1. The summed E-state index contributed by atoms with van der Waals surface area (Å²) in [4.78, 5) is 38.4.